The molecule has 1 aliphatic rings. The molecule has 0 fully saturated rings. The van der Waals surface area contributed by atoms with E-state index in [2.05, 4.69) is 0 Å². The van der Waals surface area contributed by atoms with Crippen LogP contribution in [-0.2, 0) is 17.8 Å². The van der Waals surface area contributed by atoms with Crippen LogP contribution in [0.25, 0.3) is 0 Å². The topological polar surface area (TPSA) is 20.3 Å². The van der Waals surface area contributed by atoms with E-state index >= 15 is 0 Å². The summed E-state index contributed by atoms with van der Waals surface area (Å²) in [5.41, 5.74) is 1.84. The average molecular weight is 275 g/mol. The Morgan fingerprint density at radius 1 is 1.33 bits per heavy atom. The standard InChI is InChI=1S/C12H12F3NOS/c1-18-10-3-2-8-4-5-16(7-9(8)6-10)11(17)12(13,14)15/h2-3,6H,4-5,7H2,1H3. The van der Waals surface area contributed by atoms with Crippen molar-refractivity contribution >= 4 is 17.7 Å². The van der Waals surface area contributed by atoms with Crippen LogP contribution in [0.4, 0.5) is 13.2 Å². The lowest BCUT2D eigenvalue weighted by Gasteiger charge is -2.29. The van der Waals surface area contributed by atoms with Gasteiger partial charge in [0, 0.05) is 18.0 Å². The maximum Gasteiger partial charge on any atom is 0.471 e. The third-order valence-corrected chi connectivity index (χ3v) is 3.68. The molecule has 0 saturated heterocycles. The first kappa shape index (κ1) is 13.3. The highest BCUT2D eigenvalue weighted by molar-refractivity contribution is 7.98. The van der Waals surface area contributed by atoms with Gasteiger partial charge in [0.1, 0.15) is 0 Å². The molecule has 2 rings (SSSR count). The van der Waals surface area contributed by atoms with E-state index in [9.17, 15) is 18.0 Å². The van der Waals surface area contributed by atoms with Gasteiger partial charge >= 0.3 is 12.1 Å². The predicted molar refractivity (Wildman–Crippen MR) is 63.4 cm³/mol. The van der Waals surface area contributed by atoms with Crippen molar-refractivity contribution in [2.24, 2.45) is 0 Å². The summed E-state index contributed by atoms with van der Waals surface area (Å²) in [4.78, 5) is 13.0. The van der Waals surface area contributed by atoms with Crippen LogP contribution in [0.15, 0.2) is 23.1 Å². The molecule has 98 valence electrons. The Hall–Kier alpha value is -1.17. The van der Waals surface area contributed by atoms with E-state index < -0.39 is 12.1 Å². The molecule has 0 spiro atoms. The number of fused-ring (bicyclic) bond motifs is 1. The number of benzene rings is 1. The first-order valence-corrected chi connectivity index (χ1v) is 6.66. The molecule has 0 saturated carbocycles. The molecule has 1 amide bonds. The van der Waals surface area contributed by atoms with Crippen LogP contribution in [0.3, 0.4) is 0 Å². The highest BCUT2D eigenvalue weighted by Crippen LogP contribution is 2.27. The molecular formula is C12H12F3NOS. The van der Waals surface area contributed by atoms with Crippen LogP contribution >= 0.6 is 11.8 Å². The van der Waals surface area contributed by atoms with Crippen molar-refractivity contribution in [2.75, 3.05) is 12.8 Å². The van der Waals surface area contributed by atoms with Gasteiger partial charge in [0.15, 0.2) is 0 Å². The van der Waals surface area contributed by atoms with Crippen LogP contribution in [-0.4, -0.2) is 29.8 Å². The monoisotopic (exact) mass is 275 g/mol. The Morgan fingerprint density at radius 3 is 2.67 bits per heavy atom. The first-order valence-electron chi connectivity index (χ1n) is 5.43. The third-order valence-electron chi connectivity index (χ3n) is 2.96. The summed E-state index contributed by atoms with van der Waals surface area (Å²) in [6.07, 6.45) is -2.40. The molecular weight excluding hydrogens is 263 g/mol. The van der Waals surface area contributed by atoms with Crippen molar-refractivity contribution in [1.29, 1.82) is 0 Å². The van der Waals surface area contributed by atoms with Gasteiger partial charge in [-0.1, -0.05) is 6.07 Å². The number of hydrogen-bond donors (Lipinski definition) is 0. The molecule has 1 aromatic carbocycles. The maximum absolute atomic E-state index is 12.4. The molecule has 2 nitrogen and oxygen atoms in total. The molecule has 0 aliphatic carbocycles. The van der Waals surface area contributed by atoms with E-state index in [-0.39, 0.29) is 13.1 Å². The molecule has 0 radical (unpaired) electrons. The van der Waals surface area contributed by atoms with Crippen LogP contribution in [0.5, 0.6) is 0 Å². The number of halogens is 3. The largest absolute Gasteiger partial charge is 0.471 e. The molecule has 1 aliphatic heterocycles. The van der Waals surface area contributed by atoms with Crippen LogP contribution in [0.1, 0.15) is 11.1 Å². The Morgan fingerprint density at radius 2 is 2.06 bits per heavy atom. The zero-order valence-corrected chi connectivity index (χ0v) is 10.6. The second kappa shape index (κ2) is 4.84. The molecule has 6 heteroatoms. The smallest absolute Gasteiger partial charge is 0.330 e. The van der Waals surface area contributed by atoms with Crippen molar-refractivity contribution in [3.63, 3.8) is 0 Å². The summed E-state index contributed by atoms with van der Waals surface area (Å²) in [6.45, 7) is 0.173. The SMILES string of the molecule is CSc1ccc2c(c1)CN(C(=O)C(F)(F)F)CC2. The van der Waals surface area contributed by atoms with Gasteiger partial charge in [0.05, 0.1) is 0 Å². The van der Waals surface area contributed by atoms with E-state index in [0.717, 1.165) is 20.9 Å². The van der Waals surface area contributed by atoms with Crippen molar-refractivity contribution < 1.29 is 18.0 Å². The number of nitrogens with zero attached hydrogens (tertiary/aromatic N) is 1. The molecule has 1 heterocycles. The van der Waals surface area contributed by atoms with Crippen LogP contribution < -0.4 is 0 Å². The summed E-state index contributed by atoms with van der Waals surface area (Å²) in [5, 5.41) is 0. The van der Waals surface area contributed by atoms with Gasteiger partial charge in [-0.3, -0.25) is 4.79 Å². The number of carbonyl (C=O) groups excluding carboxylic acids is 1. The van der Waals surface area contributed by atoms with Crippen molar-refractivity contribution in [1.82, 2.24) is 4.90 Å². The van der Waals surface area contributed by atoms with E-state index in [1.807, 2.05) is 24.5 Å². The highest BCUT2D eigenvalue weighted by atomic mass is 32.2. The number of thioether (sulfide) groups is 1. The lowest BCUT2D eigenvalue weighted by atomic mass is 10.00. The molecule has 18 heavy (non-hydrogen) atoms. The minimum Gasteiger partial charge on any atom is -0.330 e. The number of alkyl halides is 3. The van der Waals surface area contributed by atoms with Gasteiger partial charge in [0.2, 0.25) is 0 Å². The fourth-order valence-electron chi connectivity index (χ4n) is 2.01. The normalized spacial score (nSPS) is 15.4. The summed E-state index contributed by atoms with van der Waals surface area (Å²) < 4.78 is 37.1. The third kappa shape index (κ3) is 2.63. The molecule has 1 aromatic rings. The predicted octanol–water partition coefficient (Wildman–Crippen LogP) is 2.86. The first-order chi connectivity index (χ1) is 8.41. The summed E-state index contributed by atoms with van der Waals surface area (Å²) in [7, 11) is 0. The van der Waals surface area contributed by atoms with Gasteiger partial charge in [0.25, 0.3) is 0 Å². The second-order valence-electron chi connectivity index (χ2n) is 4.11. The Balaban J connectivity index is 2.21. The number of carbonyl (C=O) groups is 1. The van der Waals surface area contributed by atoms with E-state index in [0.29, 0.717) is 6.42 Å². The molecule has 0 bridgehead atoms. The van der Waals surface area contributed by atoms with Gasteiger partial charge < -0.3 is 4.90 Å². The number of rotatable bonds is 1. The fourth-order valence-corrected chi connectivity index (χ4v) is 2.48. The van der Waals surface area contributed by atoms with E-state index in [1.165, 1.54) is 11.8 Å². The van der Waals surface area contributed by atoms with E-state index in [4.69, 9.17) is 0 Å². The zero-order chi connectivity index (χ0) is 13.3. The van der Waals surface area contributed by atoms with Gasteiger partial charge in [-0.25, -0.2) is 0 Å². The summed E-state index contributed by atoms with van der Waals surface area (Å²) in [5.74, 6) is -1.75. The van der Waals surface area contributed by atoms with Crippen LogP contribution in [0, 0.1) is 0 Å². The highest BCUT2D eigenvalue weighted by Gasteiger charge is 2.43. The van der Waals surface area contributed by atoms with E-state index in [1.54, 1.807) is 0 Å². The Kier molecular flexibility index (Phi) is 3.56. The molecule has 0 unspecified atom stereocenters. The lowest BCUT2D eigenvalue weighted by molar-refractivity contribution is -0.186. The van der Waals surface area contributed by atoms with Gasteiger partial charge in [-0.2, -0.15) is 13.2 Å². The fraction of sp³-hybridized carbons (Fsp3) is 0.417. The molecule has 0 aromatic heterocycles. The van der Waals surface area contributed by atoms with Crippen LogP contribution in [0.2, 0.25) is 0 Å². The lowest BCUT2D eigenvalue weighted by Crippen LogP contribution is -2.43. The summed E-state index contributed by atoms with van der Waals surface area (Å²) >= 11 is 1.53. The number of amides is 1. The Bertz CT molecular complexity index is 473. The maximum atomic E-state index is 12.4. The minimum absolute atomic E-state index is 0.0437. The minimum atomic E-state index is -4.78. The van der Waals surface area contributed by atoms with Crippen molar-refractivity contribution in [2.45, 2.75) is 24.0 Å². The van der Waals surface area contributed by atoms with Crippen molar-refractivity contribution in [3.05, 3.63) is 29.3 Å². The zero-order valence-electron chi connectivity index (χ0n) is 9.75. The van der Waals surface area contributed by atoms with Gasteiger partial charge in [-0.15, -0.1) is 11.8 Å². The summed E-state index contributed by atoms with van der Waals surface area (Å²) in [6, 6.07) is 5.73. The van der Waals surface area contributed by atoms with Crippen molar-refractivity contribution in [3.8, 4) is 0 Å². The second-order valence-corrected chi connectivity index (χ2v) is 4.99. The number of hydrogen-bond acceptors (Lipinski definition) is 2. The molecule has 0 atom stereocenters. The van der Waals surface area contributed by atoms with Gasteiger partial charge in [-0.05, 0) is 35.9 Å². The molecule has 0 N–H and O–H groups in total. The quantitative estimate of drug-likeness (QED) is 0.735. The Labute approximate surface area is 107 Å². The average Bonchev–Trinajstić information content (AvgIpc) is 2.35.